The highest BCUT2D eigenvalue weighted by Crippen LogP contribution is 2.35. The minimum absolute atomic E-state index is 0.289. The molecule has 0 aromatic heterocycles. The van der Waals surface area contributed by atoms with Crippen molar-refractivity contribution in [3.63, 3.8) is 0 Å². The van der Waals surface area contributed by atoms with Crippen LogP contribution >= 0.6 is 7.82 Å². The van der Waals surface area contributed by atoms with Crippen molar-refractivity contribution in [1.29, 1.82) is 0 Å². The number of rotatable bonds is 18. The Labute approximate surface area is 167 Å². The molecule has 0 heterocycles. The molecule has 0 aliphatic carbocycles. The first-order chi connectivity index (χ1) is 12.9. The molecule has 27 heavy (non-hydrogen) atoms. The van der Waals surface area contributed by atoms with E-state index in [9.17, 15) is 9.67 Å². The summed E-state index contributed by atoms with van der Waals surface area (Å²) in [5, 5.41) is 12.3. The molecule has 0 rings (SSSR count). The van der Waals surface area contributed by atoms with Gasteiger partial charge in [-0.2, -0.15) is 0 Å². The third-order valence-electron chi connectivity index (χ3n) is 4.33. The lowest BCUT2D eigenvalue weighted by molar-refractivity contribution is 0.0774. The fraction of sp³-hybridized carbons (Fsp3) is 1.00. The third kappa shape index (κ3) is 31.0. The molecule has 1 unspecified atom stereocenters. The van der Waals surface area contributed by atoms with E-state index in [0.29, 0.717) is 6.42 Å². The van der Waals surface area contributed by atoms with Crippen LogP contribution in [0.5, 0.6) is 0 Å². The molecule has 166 valence electrons. The van der Waals surface area contributed by atoms with E-state index in [1.807, 2.05) is 14.1 Å². The third-order valence-corrected chi connectivity index (χ3v) is 4.81. The second kappa shape index (κ2) is 22.3. The summed E-state index contributed by atoms with van der Waals surface area (Å²) in [6.45, 7) is 1.96. The lowest BCUT2D eigenvalue weighted by Gasteiger charge is -2.11. The van der Waals surface area contributed by atoms with Crippen LogP contribution in [-0.4, -0.2) is 41.7 Å². The average molecular weight is 412 g/mol. The van der Waals surface area contributed by atoms with Crippen molar-refractivity contribution in [2.24, 2.45) is 0 Å². The molecule has 7 heteroatoms. The Kier molecular flexibility index (Phi) is 24.2. The molecule has 1 atom stereocenters. The molecule has 6 nitrogen and oxygen atoms in total. The monoisotopic (exact) mass is 411 g/mol. The van der Waals surface area contributed by atoms with Gasteiger partial charge in [-0.15, -0.1) is 0 Å². The zero-order chi connectivity index (χ0) is 20.8. The van der Waals surface area contributed by atoms with Crippen molar-refractivity contribution in [3.05, 3.63) is 0 Å². The highest BCUT2D eigenvalue weighted by molar-refractivity contribution is 7.46. The normalized spacial score (nSPS) is 12.5. The van der Waals surface area contributed by atoms with Crippen LogP contribution in [0.3, 0.4) is 0 Å². The second-order valence-electron chi connectivity index (χ2n) is 7.33. The molecule has 0 aromatic rings. The van der Waals surface area contributed by atoms with Crippen LogP contribution in [0.1, 0.15) is 103 Å². The first-order valence-electron chi connectivity index (χ1n) is 10.8. The summed E-state index contributed by atoms with van der Waals surface area (Å²) in [5.74, 6) is 0. The van der Waals surface area contributed by atoms with E-state index < -0.39 is 13.9 Å². The number of hydrogen-bond donors (Lipinski definition) is 4. The van der Waals surface area contributed by atoms with Gasteiger partial charge >= 0.3 is 7.82 Å². The number of phosphoric ester groups is 1. The van der Waals surface area contributed by atoms with Crippen molar-refractivity contribution in [2.45, 2.75) is 109 Å². The van der Waals surface area contributed by atoms with Crippen molar-refractivity contribution in [3.8, 4) is 0 Å². The molecule has 4 N–H and O–H groups in total. The van der Waals surface area contributed by atoms with Gasteiger partial charge in [0.2, 0.25) is 0 Å². The van der Waals surface area contributed by atoms with Crippen LogP contribution in [0.2, 0.25) is 0 Å². The van der Waals surface area contributed by atoms with Gasteiger partial charge in [0.1, 0.15) is 0 Å². The average Bonchev–Trinajstić information content (AvgIpc) is 2.60. The van der Waals surface area contributed by atoms with Gasteiger partial charge in [-0.25, -0.2) is 4.57 Å². The molecule has 0 radical (unpaired) electrons. The number of aliphatic hydroxyl groups excluding tert-OH is 1. The Balaban J connectivity index is 0. The van der Waals surface area contributed by atoms with Crippen molar-refractivity contribution >= 4 is 7.82 Å². The Bertz CT molecular complexity index is 325. The van der Waals surface area contributed by atoms with Crippen LogP contribution in [0.4, 0.5) is 0 Å². The maximum Gasteiger partial charge on any atom is 0.469 e. The number of phosphoric acid groups is 1. The second-order valence-corrected chi connectivity index (χ2v) is 8.56. The summed E-state index contributed by atoms with van der Waals surface area (Å²) in [5.41, 5.74) is 0. The van der Waals surface area contributed by atoms with Crippen LogP contribution in [0, 0.1) is 0 Å². The summed E-state index contributed by atoms with van der Waals surface area (Å²) in [6.07, 6.45) is 17.7. The summed E-state index contributed by atoms with van der Waals surface area (Å²) in [4.78, 5) is 17.1. The van der Waals surface area contributed by atoms with Crippen LogP contribution in [0.25, 0.3) is 0 Å². The van der Waals surface area contributed by atoms with Gasteiger partial charge < -0.3 is 20.2 Å². The maximum absolute atomic E-state index is 10.5. The van der Waals surface area contributed by atoms with E-state index in [2.05, 4.69) is 16.8 Å². The van der Waals surface area contributed by atoms with Crippen molar-refractivity contribution < 1.29 is 24.0 Å². The van der Waals surface area contributed by atoms with Gasteiger partial charge in [0.15, 0.2) is 0 Å². The minimum atomic E-state index is -4.45. The fourth-order valence-corrected chi connectivity index (χ4v) is 3.21. The number of unbranched alkanes of at least 4 members (excludes halogenated alkanes) is 13. The summed E-state index contributed by atoms with van der Waals surface area (Å²) >= 11 is 0. The van der Waals surface area contributed by atoms with E-state index in [4.69, 9.17) is 9.79 Å². The summed E-state index contributed by atoms with van der Waals surface area (Å²) in [6, 6.07) is 0. The molecule has 0 aliphatic heterocycles. The molecule has 0 spiro atoms. The van der Waals surface area contributed by atoms with Gasteiger partial charge in [0, 0.05) is 0 Å². The van der Waals surface area contributed by atoms with E-state index >= 15 is 0 Å². The zero-order valence-electron chi connectivity index (χ0n) is 18.0. The van der Waals surface area contributed by atoms with E-state index in [0.717, 1.165) is 12.8 Å². The van der Waals surface area contributed by atoms with E-state index in [1.165, 1.54) is 77.0 Å². The Hall–Kier alpha value is 0.0300. The minimum Gasteiger partial charge on any atom is -0.391 e. The predicted molar refractivity (Wildman–Crippen MR) is 114 cm³/mol. The van der Waals surface area contributed by atoms with Crippen molar-refractivity contribution in [1.82, 2.24) is 5.32 Å². The number of aliphatic hydroxyl groups is 1. The summed E-state index contributed by atoms with van der Waals surface area (Å²) in [7, 11) is -0.703. The molecular formula is C20H46NO5P. The fourth-order valence-electron chi connectivity index (χ4n) is 2.84. The largest absolute Gasteiger partial charge is 0.469 e. The van der Waals surface area contributed by atoms with Crippen LogP contribution in [0.15, 0.2) is 0 Å². The SMILES string of the molecule is CCCCCCCCCCCCCCCCC(O)COP(=O)(O)O.CNC. The highest BCUT2D eigenvalue weighted by atomic mass is 31.2. The van der Waals surface area contributed by atoms with Crippen LogP contribution < -0.4 is 5.32 Å². The molecule has 0 amide bonds. The Morgan fingerprint density at radius 3 is 1.44 bits per heavy atom. The standard InChI is InChI=1S/C18H39O5P.C2H7N/c1-2-3-4-5-6-7-8-9-10-11-12-13-14-15-16-18(19)17-23-24(20,21)22;1-3-2/h18-19H,2-17H2,1H3,(H2,20,21,22);3H,1-2H3. The first-order valence-corrected chi connectivity index (χ1v) is 12.4. The molecule has 0 fully saturated rings. The predicted octanol–water partition coefficient (Wildman–Crippen LogP) is 5.16. The Morgan fingerprint density at radius 2 is 1.11 bits per heavy atom. The molecule has 0 saturated carbocycles. The Morgan fingerprint density at radius 1 is 0.778 bits per heavy atom. The van der Waals surface area contributed by atoms with Crippen LogP contribution in [-0.2, 0) is 9.09 Å². The smallest absolute Gasteiger partial charge is 0.391 e. The highest BCUT2D eigenvalue weighted by Gasteiger charge is 2.16. The quantitative estimate of drug-likeness (QED) is 0.184. The molecular weight excluding hydrogens is 365 g/mol. The topological polar surface area (TPSA) is 99.0 Å². The van der Waals surface area contributed by atoms with Gasteiger partial charge in [-0.05, 0) is 20.5 Å². The lowest BCUT2D eigenvalue weighted by atomic mass is 10.0. The molecule has 0 saturated heterocycles. The molecule has 0 aliphatic rings. The van der Waals surface area contributed by atoms with Gasteiger partial charge in [0.05, 0.1) is 12.7 Å². The molecule has 0 aromatic carbocycles. The van der Waals surface area contributed by atoms with E-state index in [-0.39, 0.29) is 6.61 Å². The zero-order valence-corrected chi connectivity index (χ0v) is 18.9. The van der Waals surface area contributed by atoms with Gasteiger partial charge in [-0.3, -0.25) is 4.52 Å². The number of nitrogens with one attached hydrogen (secondary N) is 1. The maximum atomic E-state index is 10.5. The molecule has 0 bridgehead atoms. The first kappa shape index (κ1) is 29.2. The summed E-state index contributed by atoms with van der Waals surface area (Å²) < 4.78 is 14.8. The van der Waals surface area contributed by atoms with Gasteiger partial charge in [0.25, 0.3) is 0 Å². The van der Waals surface area contributed by atoms with Gasteiger partial charge in [-0.1, -0.05) is 96.8 Å². The van der Waals surface area contributed by atoms with Crippen molar-refractivity contribution in [2.75, 3.05) is 20.7 Å². The number of hydrogen-bond acceptors (Lipinski definition) is 4. The van der Waals surface area contributed by atoms with E-state index in [1.54, 1.807) is 0 Å². The lowest BCUT2D eigenvalue weighted by Crippen LogP contribution is -2.14.